The Bertz CT molecular complexity index is 1110. The molecular formula is C26H32N8O2. The minimum atomic E-state index is -0.364. The van der Waals surface area contributed by atoms with Crippen LogP contribution in [0, 0.1) is 10.1 Å². The van der Waals surface area contributed by atoms with Gasteiger partial charge in [0.05, 0.1) is 11.0 Å². The van der Waals surface area contributed by atoms with Gasteiger partial charge in [-0.05, 0) is 18.2 Å². The van der Waals surface area contributed by atoms with E-state index < -0.39 is 0 Å². The third-order valence-corrected chi connectivity index (χ3v) is 6.96. The molecule has 3 aromatic rings. The number of likely N-dealkylation sites (N-methyl/N-ethyl adjacent to an activating group) is 1. The molecule has 0 amide bonds. The first-order chi connectivity index (χ1) is 17.6. The van der Waals surface area contributed by atoms with Gasteiger partial charge in [-0.25, -0.2) is 15.0 Å². The number of aromatic nitrogens is 2. The summed E-state index contributed by atoms with van der Waals surface area (Å²) in [6.07, 6.45) is 1.42. The fourth-order valence-corrected chi connectivity index (χ4v) is 5.00. The van der Waals surface area contributed by atoms with E-state index in [1.54, 1.807) is 0 Å². The van der Waals surface area contributed by atoms with Crippen LogP contribution in [0.4, 0.5) is 17.3 Å². The molecule has 36 heavy (non-hydrogen) atoms. The highest BCUT2D eigenvalue weighted by atomic mass is 16.6. The van der Waals surface area contributed by atoms with Gasteiger partial charge in [0, 0.05) is 52.4 Å². The number of anilines is 2. The van der Waals surface area contributed by atoms with Gasteiger partial charge in [0.2, 0.25) is 11.6 Å². The van der Waals surface area contributed by atoms with Crippen LogP contribution in [0.2, 0.25) is 0 Å². The summed E-state index contributed by atoms with van der Waals surface area (Å²) in [5, 5.41) is 14.1. The summed E-state index contributed by atoms with van der Waals surface area (Å²) in [7, 11) is 2.07. The first-order valence-corrected chi connectivity index (χ1v) is 12.4. The van der Waals surface area contributed by atoms with Gasteiger partial charge < -0.3 is 9.80 Å². The summed E-state index contributed by atoms with van der Waals surface area (Å²) in [5.41, 5.74) is 5.59. The Morgan fingerprint density at radius 1 is 0.833 bits per heavy atom. The van der Waals surface area contributed by atoms with E-state index in [0.29, 0.717) is 18.9 Å². The lowest BCUT2D eigenvalue weighted by Crippen LogP contribution is -2.48. The SMILES string of the molecule is CN1CCN(Nc2ncnc(N3CCN(C(c4ccccc4)c4ccccc4)CC3)c2[N+](=O)[O-])CC1. The minimum Gasteiger partial charge on any atom is -0.348 e. The van der Waals surface area contributed by atoms with E-state index in [9.17, 15) is 10.1 Å². The molecule has 5 rings (SSSR count). The van der Waals surface area contributed by atoms with E-state index in [0.717, 1.165) is 39.3 Å². The molecule has 0 atom stereocenters. The molecular weight excluding hydrogens is 456 g/mol. The maximum Gasteiger partial charge on any atom is 0.354 e. The molecule has 2 fully saturated rings. The summed E-state index contributed by atoms with van der Waals surface area (Å²) in [6.45, 7) is 6.13. The second kappa shape index (κ2) is 11.0. The van der Waals surface area contributed by atoms with Gasteiger partial charge in [-0.1, -0.05) is 60.7 Å². The lowest BCUT2D eigenvalue weighted by molar-refractivity contribution is -0.383. The lowest BCUT2D eigenvalue weighted by Gasteiger charge is -2.40. The van der Waals surface area contributed by atoms with Crippen LogP contribution in [0.25, 0.3) is 0 Å². The third-order valence-electron chi connectivity index (χ3n) is 6.96. The zero-order valence-electron chi connectivity index (χ0n) is 20.5. The third kappa shape index (κ3) is 5.30. The summed E-state index contributed by atoms with van der Waals surface area (Å²) in [6, 6.07) is 21.1. The number of rotatable bonds is 7. The van der Waals surface area contributed by atoms with E-state index in [4.69, 9.17) is 0 Å². The van der Waals surface area contributed by atoms with Gasteiger partial charge in [-0.2, -0.15) is 0 Å². The molecule has 1 aromatic heterocycles. The molecule has 0 saturated carbocycles. The van der Waals surface area contributed by atoms with Crippen molar-refractivity contribution in [1.29, 1.82) is 0 Å². The van der Waals surface area contributed by atoms with Crippen molar-refractivity contribution in [2.45, 2.75) is 6.04 Å². The van der Waals surface area contributed by atoms with Crippen LogP contribution < -0.4 is 10.3 Å². The maximum atomic E-state index is 12.1. The Balaban J connectivity index is 1.34. The van der Waals surface area contributed by atoms with Crippen LogP contribution in [-0.4, -0.2) is 89.1 Å². The molecule has 1 N–H and O–H groups in total. The second-order valence-electron chi connectivity index (χ2n) is 9.30. The number of benzene rings is 2. The summed E-state index contributed by atoms with van der Waals surface area (Å²) >= 11 is 0. The highest BCUT2D eigenvalue weighted by Gasteiger charge is 2.32. The average molecular weight is 489 g/mol. The van der Waals surface area contributed by atoms with Gasteiger partial charge in [0.1, 0.15) is 6.33 Å². The normalized spacial score (nSPS) is 17.9. The van der Waals surface area contributed by atoms with E-state index in [-0.39, 0.29) is 22.5 Å². The number of hydrazine groups is 1. The maximum absolute atomic E-state index is 12.1. The van der Waals surface area contributed by atoms with E-state index in [2.05, 4.69) is 80.8 Å². The molecule has 10 nitrogen and oxygen atoms in total. The predicted molar refractivity (Wildman–Crippen MR) is 140 cm³/mol. The van der Waals surface area contributed by atoms with Gasteiger partial charge in [-0.15, -0.1) is 0 Å². The van der Waals surface area contributed by atoms with Crippen LogP contribution in [0.15, 0.2) is 67.0 Å². The predicted octanol–water partition coefficient (Wildman–Crippen LogP) is 2.87. The van der Waals surface area contributed by atoms with Crippen LogP contribution >= 0.6 is 0 Å². The summed E-state index contributed by atoms with van der Waals surface area (Å²) in [5.74, 6) is 0.630. The number of nitro groups is 1. The van der Waals surface area contributed by atoms with Crippen molar-refractivity contribution in [3.63, 3.8) is 0 Å². The number of piperazine rings is 2. The molecule has 2 aromatic carbocycles. The topological polar surface area (TPSA) is 93.9 Å². The zero-order chi connectivity index (χ0) is 24.9. The molecule has 0 radical (unpaired) electrons. The van der Waals surface area contributed by atoms with Gasteiger partial charge in [0.25, 0.3) is 0 Å². The Morgan fingerprint density at radius 2 is 1.42 bits per heavy atom. The van der Waals surface area contributed by atoms with Crippen LogP contribution in [0.1, 0.15) is 17.2 Å². The first-order valence-electron chi connectivity index (χ1n) is 12.4. The molecule has 2 saturated heterocycles. The van der Waals surface area contributed by atoms with Crippen molar-refractivity contribution in [3.05, 3.63) is 88.2 Å². The zero-order valence-corrected chi connectivity index (χ0v) is 20.5. The highest BCUT2D eigenvalue weighted by molar-refractivity contribution is 5.70. The molecule has 0 spiro atoms. The lowest BCUT2D eigenvalue weighted by atomic mass is 9.96. The largest absolute Gasteiger partial charge is 0.354 e. The highest BCUT2D eigenvalue weighted by Crippen LogP contribution is 2.35. The van der Waals surface area contributed by atoms with Crippen LogP contribution in [0.3, 0.4) is 0 Å². The van der Waals surface area contributed by atoms with Gasteiger partial charge in [-0.3, -0.25) is 20.4 Å². The quantitative estimate of drug-likeness (QED) is 0.398. The fourth-order valence-electron chi connectivity index (χ4n) is 5.00. The second-order valence-corrected chi connectivity index (χ2v) is 9.30. The molecule has 3 heterocycles. The Kier molecular flexibility index (Phi) is 7.36. The number of nitrogens with zero attached hydrogens (tertiary/aromatic N) is 7. The standard InChI is InChI=1S/C26H32N8O2/c1-30-12-18-33(19-13-30)29-25-24(34(35)36)26(28-20-27-25)32-16-14-31(15-17-32)23(21-8-4-2-5-9-21)22-10-6-3-7-11-22/h2-11,20,23H,12-19H2,1H3,(H,27,28,29). The fraction of sp³-hybridized carbons (Fsp3) is 0.385. The van der Waals surface area contributed by atoms with E-state index in [1.165, 1.54) is 17.5 Å². The van der Waals surface area contributed by atoms with Crippen molar-refractivity contribution in [3.8, 4) is 0 Å². The average Bonchev–Trinajstić information content (AvgIpc) is 2.91. The van der Waals surface area contributed by atoms with Crippen LogP contribution in [0.5, 0.6) is 0 Å². The van der Waals surface area contributed by atoms with Gasteiger partial charge in [0.15, 0.2) is 0 Å². The summed E-state index contributed by atoms with van der Waals surface area (Å²) < 4.78 is 0. The molecule has 10 heteroatoms. The smallest absolute Gasteiger partial charge is 0.348 e. The number of nitrogens with one attached hydrogen (secondary N) is 1. The summed E-state index contributed by atoms with van der Waals surface area (Å²) in [4.78, 5) is 27.1. The van der Waals surface area contributed by atoms with Crippen molar-refractivity contribution in [1.82, 2.24) is 24.8 Å². The van der Waals surface area contributed by atoms with Crippen molar-refractivity contribution < 1.29 is 4.92 Å². The van der Waals surface area contributed by atoms with E-state index >= 15 is 0 Å². The van der Waals surface area contributed by atoms with Crippen LogP contribution in [-0.2, 0) is 0 Å². The first kappa shape index (κ1) is 24.1. The Hall–Kier alpha value is -3.60. The molecule has 188 valence electrons. The molecule has 0 aliphatic carbocycles. The monoisotopic (exact) mass is 488 g/mol. The molecule has 2 aliphatic rings. The van der Waals surface area contributed by atoms with Crippen molar-refractivity contribution >= 4 is 17.3 Å². The van der Waals surface area contributed by atoms with Crippen molar-refractivity contribution in [2.75, 3.05) is 69.7 Å². The van der Waals surface area contributed by atoms with E-state index in [1.807, 2.05) is 22.0 Å². The number of hydrogen-bond acceptors (Lipinski definition) is 9. The molecule has 0 unspecified atom stereocenters. The molecule has 0 bridgehead atoms. The Labute approximate surface area is 211 Å². The minimum absolute atomic E-state index is 0.0625. The number of hydrogen-bond donors (Lipinski definition) is 1. The van der Waals surface area contributed by atoms with Gasteiger partial charge >= 0.3 is 5.69 Å². The van der Waals surface area contributed by atoms with Crippen molar-refractivity contribution in [2.24, 2.45) is 0 Å². The molecule has 2 aliphatic heterocycles. The Morgan fingerprint density at radius 3 is 1.97 bits per heavy atom.